The lowest BCUT2D eigenvalue weighted by Crippen LogP contribution is -2.01. The fourth-order valence-electron chi connectivity index (χ4n) is 3.39. The molecule has 2 heterocycles. The molecule has 130 valence electrons. The molecule has 27 heavy (non-hydrogen) atoms. The second kappa shape index (κ2) is 6.49. The lowest BCUT2D eigenvalue weighted by Gasteiger charge is -2.10. The van der Waals surface area contributed by atoms with Crippen LogP contribution in [-0.4, -0.2) is 19.6 Å². The minimum absolute atomic E-state index is 0.592. The first-order valence-corrected chi connectivity index (χ1v) is 9.10. The summed E-state index contributed by atoms with van der Waals surface area (Å²) in [6.07, 6.45) is 0.687. The van der Waals surface area contributed by atoms with Crippen LogP contribution in [-0.2, 0) is 6.42 Å². The summed E-state index contributed by atoms with van der Waals surface area (Å²) in [6, 6.07) is 26.2. The molecule has 3 aromatic carbocycles. The van der Waals surface area contributed by atoms with Crippen molar-refractivity contribution in [3.63, 3.8) is 0 Å². The highest BCUT2D eigenvalue weighted by atomic mass is 35.5. The summed E-state index contributed by atoms with van der Waals surface area (Å²) in [6.45, 7) is 0. The number of benzene rings is 3. The molecule has 0 aliphatic rings. The van der Waals surface area contributed by atoms with Crippen LogP contribution in [0.25, 0.3) is 27.9 Å². The van der Waals surface area contributed by atoms with Gasteiger partial charge >= 0.3 is 0 Å². The average Bonchev–Trinajstić information content (AvgIpc) is 3.11. The van der Waals surface area contributed by atoms with Crippen molar-refractivity contribution in [1.29, 1.82) is 0 Å². The van der Waals surface area contributed by atoms with Gasteiger partial charge in [0, 0.05) is 22.4 Å². The van der Waals surface area contributed by atoms with Crippen LogP contribution in [0.5, 0.6) is 0 Å². The number of hydrogen-bond donors (Lipinski definition) is 0. The molecule has 5 aromatic rings. The molecule has 2 aromatic heterocycles. The van der Waals surface area contributed by atoms with Gasteiger partial charge in [-0.25, -0.2) is 4.98 Å². The summed E-state index contributed by atoms with van der Waals surface area (Å²) in [5.74, 6) is 1.45. The monoisotopic (exact) mass is 370 g/mol. The highest BCUT2D eigenvalue weighted by Gasteiger charge is 2.15. The molecular formula is C22H15ClN4. The third-order valence-corrected chi connectivity index (χ3v) is 4.87. The Morgan fingerprint density at radius 1 is 0.815 bits per heavy atom. The van der Waals surface area contributed by atoms with Crippen LogP contribution in [0, 0.1) is 0 Å². The Labute approximate surface area is 161 Å². The predicted molar refractivity (Wildman–Crippen MR) is 108 cm³/mol. The van der Waals surface area contributed by atoms with E-state index in [0.29, 0.717) is 17.2 Å². The highest BCUT2D eigenvalue weighted by molar-refractivity contribution is 6.31. The Balaban J connectivity index is 1.78. The van der Waals surface area contributed by atoms with Crippen LogP contribution in [0.3, 0.4) is 0 Å². The van der Waals surface area contributed by atoms with Gasteiger partial charge in [0.25, 0.3) is 5.78 Å². The molecule has 0 atom stereocenters. The van der Waals surface area contributed by atoms with E-state index in [9.17, 15) is 0 Å². The lowest BCUT2D eigenvalue weighted by molar-refractivity contribution is 0.948. The van der Waals surface area contributed by atoms with Gasteiger partial charge in [-0.1, -0.05) is 72.3 Å². The van der Waals surface area contributed by atoms with Gasteiger partial charge in [0.2, 0.25) is 0 Å². The fourth-order valence-corrected chi connectivity index (χ4v) is 3.56. The normalized spacial score (nSPS) is 11.3. The zero-order valence-electron chi connectivity index (χ0n) is 14.4. The van der Waals surface area contributed by atoms with Crippen molar-refractivity contribution in [1.82, 2.24) is 19.6 Å². The molecule has 0 unspecified atom stereocenters. The molecule has 0 saturated heterocycles. The van der Waals surface area contributed by atoms with Gasteiger partial charge in [0.1, 0.15) is 5.82 Å². The smallest absolute Gasteiger partial charge is 0.256 e. The molecule has 5 heteroatoms. The number of nitrogens with zero attached hydrogens (tertiary/aromatic N) is 4. The van der Waals surface area contributed by atoms with Crippen LogP contribution in [0.1, 0.15) is 11.4 Å². The summed E-state index contributed by atoms with van der Waals surface area (Å²) >= 11 is 6.30. The number of halogens is 1. The lowest BCUT2D eigenvalue weighted by atomic mass is 10.1. The first-order chi connectivity index (χ1) is 13.3. The molecule has 0 radical (unpaired) electrons. The number of rotatable bonds is 3. The third kappa shape index (κ3) is 2.84. The topological polar surface area (TPSA) is 43.1 Å². The molecule has 0 amide bonds. The highest BCUT2D eigenvalue weighted by Crippen LogP contribution is 2.30. The maximum Gasteiger partial charge on any atom is 0.256 e. The Kier molecular flexibility index (Phi) is 3.84. The van der Waals surface area contributed by atoms with Gasteiger partial charge in [-0.15, -0.1) is 10.2 Å². The van der Waals surface area contributed by atoms with Crippen LogP contribution in [0.4, 0.5) is 0 Å². The number of hydrogen-bond acceptors (Lipinski definition) is 3. The zero-order chi connectivity index (χ0) is 18.2. The zero-order valence-corrected chi connectivity index (χ0v) is 15.1. The van der Waals surface area contributed by atoms with Crippen LogP contribution < -0.4 is 0 Å². The van der Waals surface area contributed by atoms with Gasteiger partial charge in [-0.3, -0.25) is 4.40 Å². The Morgan fingerprint density at radius 3 is 2.33 bits per heavy atom. The molecule has 0 saturated carbocycles. The second-order valence-corrected chi connectivity index (χ2v) is 6.84. The van der Waals surface area contributed by atoms with E-state index in [2.05, 4.69) is 22.3 Å². The summed E-state index contributed by atoms with van der Waals surface area (Å²) in [5, 5.41) is 10.4. The van der Waals surface area contributed by atoms with Crippen molar-refractivity contribution in [2.24, 2.45) is 0 Å². The van der Waals surface area contributed by atoms with Crippen molar-refractivity contribution >= 4 is 28.3 Å². The van der Waals surface area contributed by atoms with Crippen molar-refractivity contribution in [2.45, 2.75) is 6.42 Å². The molecule has 0 aliphatic heterocycles. The first kappa shape index (κ1) is 16.0. The number of aromatic nitrogens is 4. The largest absolute Gasteiger partial charge is 0.263 e. The Bertz CT molecular complexity index is 1250. The van der Waals surface area contributed by atoms with Gasteiger partial charge in [-0.05, 0) is 23.8 Å². The summed E-state index contributed by atoms with van der Waals surface area (Å²) < 4.78 is 2.02. The van der Waals surface area contributed by atoms with E-state index in [-0.39, 0.29) is 0 Å². The van der Waals surface area contributed by atoms with E-state index in [0.717, 1.165) is 28.0 Å². The second-order valence-electron chi connectivity index (χ2n) is 6.40. The first-order valence-electron chi connectivity index (χ1n) is 8.72. The molecule has 5 rings (SSSR count). The average molecular weight is 371 g/mol. The van der Waals surface area contributed by atoms with Gasteiger partial charge in [0.15, 0.2) is 0 Å². The van der Waals surface area contributed by atoms with E-state index in [1.54, 1.807) is 0 Å². The molecule has 4 nitrogen and oxygen atoms in total. The summed E-state index contributed by atoms with van der Waals surface area (Å²) in [7, 11) is 0. The maximum absolute atomic E-state index is 6.30. The molecule has 0 fully saturated rings. The van der Waals surface area contributed by atoms with Crippen LogP contribution in [0.2, 0.25) is 5.02 Å². The predicted octanol–water partition coefficient (Wildman–Crippen LogP) is 5.19. The molecule has 0 aliphatic carbocycles. The van der Waals surface area contributed by atoms with Crippen molar-refractivity contribution < 1.29 is 0 Å². The Morgan fingerprint density at radius 2 is 1.56 bits per heavy atom. The molecule has 0 bridgehead atoms. The van der Waals surface area contributed by atoms with E-state index >= 15 is 0 Å². The molecular weight excluding hydrogens is 356 g/mol. The molecule has 0 spiro atoms. The quantitative estimate of drug-likeness (QED) is 0.439. The minimum Gasteiger partial charge on any atom is -0.263 e. The van der Waals surface area contributed by atoms with E-state index in [1.165, 1.54) is 5.56 Å². The van der Waals surface area contributed by atoms with Crippen LogP contribution >= 0.6 is 11.6 Å². The SMILES string of the molecule is Clc1ccc2c(c1)c(-c1ccccc1)nc1nnc(Cc3ccccc3)n12. The van der Waals surface area contributed by atoms with Gasteiger partial charge in [-0.2, -0.15) is 0 Å². The van der Waals surface area contributed by atoms with E-state index < -0.39 is 0 Å². The van der Waals surface area contributed by atoms with E-state index in [1.807, 2.05) is 71.1 Å². The summed E-state index contributed by atoms with van der Waals surface area (Å²) in [5.41, 5.74) is 4.07. The van der Waals surface area contributed by atoms with Crippen LogP contribution in [0.15, 0.2) is 78.9 Å². The van der Waals surface area contributed by atoms with Gasteiger partial charge in [0.05, 0.1) is 11.2 Å². The van der Waals surface area contributed by atoms with Crippen molar-refractivity contribution in [2.75, 3.05) is 0 Å². The molecule has 0 N–H and O–H groups in total. The Hall–Kier alpha value is -3.24. The fraction of sp³-hybridized carbons (Fsp3) is 0.0455. The minimum atomic E-state index is 0.592. The van der Waals surface area contributed by atoms with Crippen molar-refractivity contribution in [3.8, 4) is 11.3 Å². The van der Waals surface area contributed by atoms with Gasteiger partial charge < -0.3 is 0 Å². The standard InChI is InChI=1S/C22H15ClN4/c23-17-11-12-19-18(14-17)21(16-9-5-2-6-10-16)24-22-26-25-20(27(19)22)13-15-7-3-1-4-8-15/h1-12,14H,13H2. The number of fused-ring (bicyclic) bond motifs is 3. The maximum atomic E-state index is 6.30. The third-order valence-electron chi connectivity index (χ3n) is 4.63. The summed E-state index contributed by atoms with van der Waals surface area (Å²) in [4.78, 5) is 4.81. The van der Waals surface area contributed by atoms with E-state index in [4.69, 9.17) is 16.6 Å². The van der Waals surface area contributed by atoms with Crippen molar-refractivity contribution in [3.05, 3.63) is 95.3 Å².